The second-order valence-corrected chi connectivity index (χ2v) is 4.67. The molecule has 0 aliphatic heterocycles. The SMILES string of the molecule is Nc1cc(Cl)c(Cl)c(C(=O)Nc2cnns2)c1. The predicted octanol–water partition coefficient (Wildman–Crippen LogP) is 2.68. The van der Waals surface area contributed by atoms with Crippen LogP contribution in [0.25, 0.3) is 0 Å². The molecule has 2 rings (SSSR count). The summed E-state index contributed by atoms with van der Waals surface area (Å²) in [6.07, 6.45) is 1.43. The monoisotopic (exact) mass is 288 g/mol. The number of hydrogen-bond acceptors (Lipinski definition) is 5. The number of aromatic nitrogens is 2. The van der Waals surface area contributed by atoms with Crippen molar-refractivity contribution in [2.75, 3.05) is 11.1 Å². The number of hydrogen-bond donors (Lipinski definition) is 2. The number of nitrogen functional groups attached to an aromatic ring is 1. The Balaban J connectivity index is 2.31. The fourth-order valence-electron chi connectivity index (χ4n) is 1.18. The van der Waals surface area contributed by atoms with E-state index in [1.807, 2.05) is 0 Å². The average Bonchev–Trinajstić information content (AvgIpc) is 2.76. The van der Waals surface area contributed by atoms with E-state index in [0.29, 0.717) is 10.7 Å². The molecule has 0 radical (unpaired) electrons. The first-order valence-electron chi connectivity index (χ1n) is 4.41. The summed E-state index contributed by atoms with van der Waals surface area (Å²) in [5, 5.41) is 7.10. The summed E-state index contributed by atoms with van der Waals surface area (Å²) in [5.41, 5.74) is 6.17. The van der Waals surface area contributed by atoms with Gasteiger partial charge in [0.25, 0.3) is 5.91 Å². The summed E-state index contributed by atoms with van der Waals surface area (Å²) < 4.78 is 3.62. The topological polar surface area (TPSA) is 80.9 Å². The number of carbonyl (C=O) groups is 1. The zero-order valence-corrected chi connectivity index (χ0v) is 10.6. The van der Waals surface area contributed by atoms with E-state index in [9.17, 15) is 4.79 Å². The molecule has 3 N–H and O–H groups in total. The second-order valence-electron chi connectivity index (χ2n) is 3.10. The first-order chi connectivity index (χ1) is 8.08. The smallest absolute Gasteiger partial charge is 0.257 e. The van der Waals surface area contributed by atoms with Gasteiger partial charge in [-0.05, 0) is 12.1 Å². The van der Waals surface area contributed by atoms with Crippen molar-refractivity contribution in [3.63, 3.8) is 0 Å². The highest BCUT2D eigenvalue weighted by Crippen LogP contribution is 2.29. The highest BCUT2D eigenvalue weighted by Gasteiger charge is 2.15. The summed E-state index contributed by atoms with van der Waals surface area (Å²) in [6.45, 7) is 0. The zero-order valence-electron chi connectivity index (χ0n) is 8.28. The number of nitrogens with zero attached hydrogens (tertiary/aromatic N) is 2. The van der Waals surface area contributed by atoms with Gasteiger partial charge in [0.2, 0.25) is 0 Å². The van der Waals surface area contributed by atoms with Gasteiger partial charge in [0.15, 0.2) is 0 Å². The summed E-state index contributed by atoms with van der Waals surface area (Å²) in [5.74, 6) is -0.407. The first-order valence-corrected chi connectivity index (χ1v) is 5.94. The Kier molecular flexibility index (Phi) is 3.46. The van der Waals surface area contributed by atoms with E-state index >= 15 is 0 Å². The Hall–Kier alpha value is -1.37. The Labute approximate surface area is 111 Å². The third-order valence-electron chi connectivity index (χ3n) is 1.89. The van der Waals surface area contributed by atoms with Gasteiger partial charge in [0, 0.05) is 17.2 Å². The Bertz CT molecular complexity index is 558. The van der Waals surface area contributed by atoms with Crippen molar-refractivity contribution in [2.24, 2.45) is 0 Å². The average molecular weight is 289 g/mol. The van der Waals surface area contributed by atoms with Crippen LogP contribution in [-0.2, 0) is 0 Å². The van der Waals surface area contributed by atoms with Crippen LogP contribution < -0.4 is 11.1 Å². The number of nitrogens with two attached hydrogens (primary N) is 1. The normalized spacial score (nSPS) is 10.2. The molecule has 2 aromatic rings. The summed E-state index contributed by atoms with van der Waals surface area (Å²) >= 11 is 12.8. The lowest BCUT2D eigenvalue weighted by atomic mass is 10.2. The Morgan fingerprint density at radius 1 is 1.41 bits per heavy atom. The number of halogens is 2. The quantitative estimate of drug-likeness (QED) is 0.833. The third-order valence-corrected chi connectivity index (χ3v) is 3.28. The van der Waals surface area contributed by atoms with Crippen LogP contribution in [0.3, 0.4) is 0 Å². The van der Waals surface area contributed by atoms with Gasteiger partial charge in [-0.1, -0.05) is 27.7 Å². The van der Waals surface area contributed by atoms with Gasteiger partial charge in [-0.25, -0.2) is 0 Å². The number of anilines is 2. The lowest BCUT2D eigenvalue weighted by Crippen LogP contribution is -2.12. The van der Waals surface area contributed by atoms with Gasteiger partial charge in [-0.15, -0.1) is 5.10 Å². The fourth-order valence-corrected chi connectivity index (χ4v) is 2.01. The minimum Gasteiger partial charge on any atom is -0.399 e. The molecule has 0 saturated carbocycles. The molecular weight excluding hydrogens is 283 g/mol. The van der Waals surface area contributed by atoms with Crippen LogP contribution in [0.4, 0.5) is 10.7 Å². The highest BCUT2D eigenvalue weighted by atomic mass is 35.5. The maximum absolute atomic E-state index is 11.9. The van der Waals surface area contributed by atoms with E-state index in [0.717, 1.165) is 11.5 Å². The van der Waals surface area contributed by atoms with Crippen LogP contribution in [0.1, 0.15) is 10.4 Å². The Morgan fingerprint density at radius 2 is 2.18 bits per heavy atom. The van der Waals surface area contributed by atoms with Crippen molar-refractivity contribution < 1.29 is 4.79 Å². The largest absolute Gasteiger partial charge is 0.399 e. The van der Waals surface area contributed by atoms with Gasteiger partial charge < -0.3 is 11.1 Å². The first kappa shape index (κ1) is 12.1. The molecule has 0 aliphatic carbocycles. The minimum atomic E-state index is -0.407. The Morgan fingerprint density at radius 3 is 2.82 bits per heavy atom. The maximum atomic E-state index is 11.9. The van der Waals surface area contributed by atoms with Crippen molar-refractivity contribution in [2.45, 2.75) is 0 Å². The van der Waals surface area contributed by atoms with Gasteiger partial charge in [-0.2, -0.15) is 0 Å². The van der Waals surface area contributed by atoms with Crippen LogP contribution in [0.15, 0.2) is 18.3 Å². The van der Waals surface area contributed by atoms with Gasteiger partial charge in [-0.3, -0.25) is 4.79 Å². The molecule has 0 spiro atoms. The van der Waals surface area contributed by atoms with E-state index in [1.54, 1.807) is 0 Å². The van der Waals surface area contributed by atoms with E-state index in [-0.39, 0.29) is 15.6 Å². The van der Waals surface area contributed by atoms with Crippen molar-refractivity contribution in [1.82, 2.24) is 9.59 Å². The molecule has 0 aliphatic rings. The number of rotatable bonds is 2. The standard InChI is InChI=1S/C9H6Cl2N4OS/c10-6-2-4(12)1-5(8(6)11)9(16)14-7-3-13-15-17-7/h1-3H,12H2,(H,14,16). The minimum absolute atomic E-state index is 0.163. The number of nitrogens with one attached hydrogen (secondary N) is 1. The zero-order chi connectivity index (χ0) is 12.4. The van der Waals surface area contributed by atoms with Crippen LogP contribution in [0, 0.1) is 0 Å². The van der Waals surface area contributed by atoms with Crippen LogP contribution in [0.5, 0.6) is 0 Å². The van der Waals surface area contributed by atoms with E-state index in [2.05, 4.69) is 14.9 Å². The van der Waals surface area contributed by atoms with Gasteiger partial charge in [0.1, 0.15) is 5.00 Å². The van der Waals surface area contributed by atoms with Crippen molar-refractivity contribution >= 4 is 51.3 Å². The van der Waals surface area contributed by atoms with Gasteiger partial charge >= 0.3 is 0 Å². The number of amides is 1. The number of benzene rings is 1. The van der Waals surface area contributed by atoms with Crippen molar-refractivity contribution in [3.8, 4) is 0 Å². The fraction of sp³-hybridized carbons (Fsp3) is 0. The molecule has 1 aromatic heterocycles. The molecule has 1 amide bonds. The van der Waals surface area contributed by atoms with Crippen LogP contribution >= 0.6 is 34.7 Å². The molecule has 0 unspecified atom stereocenters. The van der Waals surface area contributed by atoms with Crippen molar-refractivity contribution in [3.05, 3.63) is 33.9 Å². The third kappa shape index (κ3) is 2.66. The maximum Gasteiger partial charge on any atom is 0.257 e. The molecule has 1 heterocycles. The van der Waals surface area contributed by atoms with Crippen LogP contribution in [0.2, 0.25) is 10.0 Å². The summed E-state index contributed by atoms with van der Waals surface area (Å²) in [4.78, 5) is 11.9. The molecule has 0 fully saturated rings. The van der Waals surface area contributed by atoms with Crippen LogP contribution in [-0.4, -0.2) is 15.5 Å². The second kappa shape index (κ2) is 4.87. The molecule has 8 heteroatoms. The molecular formula is C9H6Cl2N4OS. The van der Waals surface area contributed by atoms with Crippen molar-refractivity contribution in [1.29, 1.82) is 0 Å². The lowest BCUT2D eigenvalue weighted by molar-refractivity contribution is 0.102. The summed E-state index contributed by atoms with van der Waals surface area (Å²) in [7, 11) is 0. The number of carbonyl (C=O) groups excluding carboxylic acids is 1. The molecule has 5 nitrogen and oxygen atoms in total. The highest BCUT2D eigenvalue weighted by molar-refractivity contribution is 7.10. The molecule has 0 saturated heterocycles. The molecule has 88 valence electrons. The molecule has 0 bridgehead atoms. The molecule has 0 atom stereocenters. The molecule has 1 aromatic carbocycles. The predicted molar refractivity (Wildman–Crippen MR) is 68.7 cm³/mol. The molecule has 17 heavy (non-hydrogen) atoms. The van der Waals surface area contributed by atoms with Gasteiger partial charge in [0.05, 0.1) is 21.8 Å². The van der Waals surface area contributed by atoms with E-state index < -0.39 is 5.91 Å². The van der Waals surface area contributed by atoms with E-state index in [4.69, 9.17) is 28.9 Å². The lowest BCUT2D eigenvalue weighted by Gasteiger charge is -2.06. The van der Waals surface area contributed by atoms with E-state index in [1.165, 1.54) is 18.3 Å². The summed E-state index contributed by atoms with van der Waals surface area (Å²) in [6, 6.07) is 2.94.